The first kappa shape index (κ1) is 16.0. The maximum absolute atomic E-state index is 3.71. The third-order valence-corrected chi connectivity index (χ3v) is 4.15. The van der Waals surface area contributed by atoms with Gasteiger partial charge in [0.05, 0.1) is 0 Å². The van der Waals surface area contributed by atoms with Gasteiger partial charge in [-0.25, -0.2) is 0 Å². The van der Waals surface area contributed by atoms with E-state index in [1.807, 2.05) is 0 Å². The largest absolute Gasteiger partial charge is 0.311 e. The van der Waals surface area contributed by atoms with Crippen molar-refractivity contribution in [2.45, 2.75) is 78.3 Å². The Morgan fingerprint density at radius 2 is 1.94 bits per heavy atom. The van der Waals surface area contributed by atoms with E-state index in [0.29, 0.717) is 0 Å². The Morgan fingerprint density at radius 3 is 2.56 bits per heavy atom. The zero-order valence-electron chi connectivity index (χ0n) is 13.0. The molecule has 0 spiro atoms. The lowest BCUT2D eigenvalue weighted by molar-refractivity contribution is 0.110. The summed E-state index contributed by atoms with van der Waals surface area (Å²) < 4.78 is 0. The molecule has 0 aliphatic carbocycles. The summed E-state index contributed by atoms with van der Waals surface area (Å²) in [7, 11) is 0. The highest BCUT2D eigenvalue weighted by Crippen LogP contribution is 2.17. The zero-order valence-corrected chi connectivity index (χ0v) is 13.0. The lowest BCUT2D eigenvalue weighted by Gasteiger charge is -2.41. The summed E-state index contributed by atoms with van der Waals surface area (Å²) in [6.45, 7) is 13.1. The van der Waals surface area contributed by atoms with E-state index in [4.69, 9.17) is 0 Å². The van der Waals surface area contributed by atoms with Crippen LogP contribution in [0.4, 0.5) is 0 Å². The molecule has 1 aliphatic rings. The predicted molar refractivity (Wildman–Crippen MR) is 81.0 cm³/mol. The maximum Gasteiger partial charge on any atom is 0.0223 e. The number of hydrogen-bond donors (Lipinski definition) is 1. The molecule has 1 heterocycles. The lowest BCUT2D eigenvalue weighted by atomic mass is 9.98. The van der Waals surface area contributed by atoms with E-state index in [0.717, 1.165) is 18.0 Å². The van der Waals surface area contributed by atoms with Gasteiger partial charge in [0, 0.05) is 25.2 Å². The normalized spacial score (nSPS) is 25.8. The van der Waals surface area contributed by atoms with Crippen LogP contribution >= 0.6 is 0 Å². The predicted octanol–water partition coefficient (Wildman–Crippen LogP) is 3.67. The van der Waals surface area contributed by atoms with Gasteiger partial charge in [0.15, 0.2) is 0 Å². The topological polar surface area (TPSA) is 15.3 Å². The lowest BCUT2D eigenvalue weighted by Crippen LogP contribution is -2.56. The fraction of sp³-hybridized carbons (Fsp3) is 1.00. The van der Waals surface area contributed by atoms with E-state index in [-0.39, 0.29) is 0 Å². The molecule has 0 aromatic rings. The monoisotopic (exact) mass is 254 g/mol. The number of unbranched alkanes of at least 4 members (excludes halogenated alkanes) is 3. The van der Waals surface area contributed by atoms with Crippen molar-refractivity contribution in [3.8, 4) is 0 Å². The molecule has 0 aromatic heterocycles. The van der Waals surface area contributed by atoms with Crippen molar-refractivity contribution in [3.63, 3.8) is 0 Å². The Kier molecular flexibility index (Phi) is 7.92. The van der Waals surface area contributed by atoms with Crippen molar-refractivity contribution in [1.29, 1.82) is 0 Å². The number of nitrogens with zero attached hydrogens (tertiary/aromatic N) is 1. The quantitative estimate of drug-likeness (QED) is 0.665. The number of hydrogen-bond acceptors (Lipinski definition) is 2. The first-order valence-electron chi connectivity index (χ1n) is 8.14. The standard InChI is InChI=1S/C16H34N2/c1-5-7-8-9-10-18-13-15(6-2)17-12-16(18)11-14(3)4/h14-17H,5-13H2,1-4H3. The van der Waals surface area contributed by atoms with E-state index in [1.54, 1.807) is 0 Å². The third kappa shape index (κ3) is 5.71. The Bertz CT molecular complexity index is 203. The Morgan fingerprint density at radius 1 is 1.17 bits per heavy atom. The molecular weight excluding hydrogens is 220 g/mol. The van der Waals surface area contributed by atoms with Gasteiger partial charge in [-0.3, -0.25) is 4.90 Å². The molecule has 0 amide bonds. The van der Waals surface area contributed by atoms with Crippen LogP contribution in [0.25, 0.3) is 0 Å². The molecule has 108 valence electrons. The van der Waals surface area contributed by atoms with Gasteiger partial charge in [-0.1, -0.05) is 47.0 Å². The van der Waals surface area contributed by atoms with E-state index in [1.165, 1.54) is 58.2 Å². The second-order valence-electron chi connectivity index (χ2n) is 6.35. The van der Waals surface area contributed by atoms with Crippen molar-refractivity contribution in [2.75, 3.05) is 19.6 Å². The molecule has 1 aliphatic heterocycles. The maximum atomic E-state index is 3.71. The van der Waals surface area contributed by atoms with E-state index >= 15 is 0 Å². The molecule has 1 saturated heterocycles. The third-order valence-electron chi connectivity index (χ3n) is 4.15. The molecule has 2 nitrogen and oxygen atoms in total. The van der Waals surface area contributed by atoms with Crippen LogP contribution in [0.3, 0.4) is 0 Å². The second kappa shape index (κ2) is 8.92. The fourth-order valence-corrected chi connectivity index (χ4v) is 2.99. The van der Waals surface area contributed by atoms with Crippen LogP contribution in [0.2, 0.25) is 0 Å². The summed E-state index contributed by atoms with van der Waals surface area (Å²) in [4.78, 5) is 2.76. The summed E-state index contributed by atoms with van der Waals surface area (Å²) in [6.07, 6.45) is 8.15. The average Bonchev–Trinajstić information content (AvgIpc) is 2.35. The number of piperazine rings is 1. The molecule has 0 radical (unpaired) electrons. The minimum atomic E-state index is 0.722. The van der Waals surface area contributed by atoms with Crippen LogP contribution in [0.1, 0.15) is 66.2 Å². The van der Waals surface area contributed by atoms with Gasteiger partial charge in [-0.05, 0) is 31.7 Å². The van der Waals surface area contributed by atoms with E-state index in [9.17, 15) is 0 Å². The fourth-order valence-electron chi connectivity index (χ4n) is 2.99. The molecular formula is C16H34N2. The highest BCUT2D eigenvalue weighted by molar-refractivity contribution is 4.86. The van der Waals surface area contributed by atoms with Crippen LogP contribution in [0, 0.1) is 5.92 Å². The van der Waals surface area contributed by atoms with Gasteiger partial charge < -0.3 is 5.32 Å². The summed E-state index contributed by atoms with van der Waals surface area (Å²) in [5.74, 6) is 0.813. The molecule has 2 heteroatoms. The van der Waals surface area contributed by atoms with Gasteiger partial charge in [-0.15, -0.1) is 0 Å². The summed E-state index contributed by atoms with van der Waals surface area (Å²) in [6, 6.07) is 1.49. The number of rotatable bonds is 8. The van der Waals surface area contributed by atoms with Crippen LogP contribution < -0.4 is 5.32 Å². The van der Waals surface area contributed by atoms with Crippen molar-refractivity contribution < 1.29 is 0 Å². The number of nitrogens with one attached hydrogen (secondary N) is 1. The Hall–Kier alpha value is -0.0800. The summed E-state index contributed by atoms with van der Waals surface area (Å²) in [5.41, 5.74) is 0. The first-order valence-corrected chi connectivity index (χ1v) is 8.14. The average molecular weight is 254 g/mol. The molecule has 1 N–H and O–H groups in total. The van der Waals surface area contributed by atoms with Crippen LogP contribution in [0.5, 0.6) is 0 Å². The van der Waals surface area contributed by atoms with Gasteiger partial charge in [0.25, 0.3) is 0 Å². The minimum absolute atomic E-state index is 0.722. The molecule has 2 atom stereocenters. The highest BCUT2D eigenvalue weighted by atomic mass is 15.2. The molecule has 1 fully saturated rings. The molecule has 0 bridgehead atoms. The molecule has 2 unspecified atom stereocenters. The molecule has 18 heavy (non-hydrogen) atoms. The first-order chi connectivity index (χ1) is 8.67. The van der Waals surface area contributed by atoms with Crippen molar-refractivity contribution in [2.24, 2.45) is 5.92 Å². The van der Waals surface area contributed by atoms with Crippen molar-refractivity contribution in [1.82, 2.24) is 10.2 Å². The van der Waals surface area contributed by atoms with Crippen LogP contribution in [-0.4, -0.2) is 36.6 Å². The van der Waals surface area contributed by atoms with Gasteiger partial charge in [0.2, 0.25) is 0 Å². The van der Waals surface area contributed by atoms with E-state index in [2.05, 4.69) is 37.9 Å². The molecule has 1 rings (SSSR count). The SMILES string of the molecule is CCCCCCN1CC(CC)NCC1CC(C)C. The van der Waals surface area contributed by atoms with Gasteiger partial charge in [0.1, 0.15) is 0 Å². The van der Waals surface area contributed by atoms with Crippen molar-refractivity contribution in [3.05, 3.63) is 0 Å². The Labute approximate surface area is 115 Å². The summed E-state index contributed by atoms with van der Waals surface area (Å²) >= 11 is 0. The van der Waals surface area contributed by atoms with Gasteiger partial charge >= 0.3 is 0 Å². The minimum Gasteiger partial charge on any atom is -0.311 e. The molecule has 0 saturated carbocycles. The Balaban J connectivity index is 2.38. The zero-order chi connectivity index (χ0) is 13.4. The van der Waals surface area contributed by atoms with Gasteiger partial charge in [-0.2, -0.15) is 0 Å². The van der Waals surface area contributed by atoms with Crippen molar-refractivity contribution >= 4 is 0 Å². The highest BCUT2D eigenvalue weighted by Gasteiger charge is 2.26. The summed E-state index contributed by atoms with van der Waals surface area (Å²) in [5, 5.41) is 3.71. The van der Waals surface area contributed by atoms with Crippen LogP contribution in [-0.2, 0) is 0 Å². The van der Waals surface area contributed by atoms with E-state index < -0.39 is 0 Å². The molecule has 0 aromatic carbocycles. The van der Waals surface area contributed by atoms with Crippen LogP contribution in [0.15, 0.2) is 0 Å². The smallest absolute Gasteiger partial charge is 0.0223 e. The second-order valence-corrected chi connectivity index (χ2v) is 6.35.